The van der Waals surface area contributed by atoms with Crippen LogP contribution in [-0.4, -0.2) is 23.6 Å². The summed E-state index contributed by atoms with van der Waals surface area (Å²) >= 11 is 2.12. The molecule has 1 aliphatic rings. The second-order valence-electron chi connectivity index (χ2n) is 6.12. The van der Waals surface area contributed by atoms with E-state index in [0.717, 1.165) is 29.5 Å². The molecule has 118 valence electrons. The highest BCUT2D eigenvalue weighted by Crippen LogP contribution is 2.29. The maximum absolute atomic E-state index is 13.4. The molecule has 0 saturated heterocycles. The Hall–Kier alpha value is -0.540. The fourth-order valence-corrected chi connectivity index (χ4v) is 4.49. The summed E-state index contributed by atoms with van der Waals surface area (Å²) < 4.78 is 13.4. The van der Waals surface area contributed by atoms with Gasteiger partial charge >= 0.3 is 0 Å². The largest absolute Gasteiger partial charge is 0.313 e. The lowest BCUT2D eigenvalue weighted by atomic mass is 10.0. The van der Waals surface area contributed by atoms with Crippen LogP contribution < -0.4 is 5.32 Å². The molecule has 1 atom stereocenters. The van der Waals surface area contributed by atoms with Crippen LogP contribution in [0.25, 0.3) is 0 Å². The molecule has 1 N–H and O–H groups in total. The van der Waals surface area contributed by atoms with E-state index in [4.69, 9.17) is 0 Å². The third kappa shape index (κ3) is 5.63. The molecule has 1 aromatic carbocycles. The molecule has 1 aliphatic carbocycles. The molecule has 0 radical (unpaired) electrons. The number of hydrogen-bond donors (Lipinski definition) is 1. The monoisotopic (exact) mass is 309 g/mol. The molecular formula is C18H28FNS. The van der Waals surface area contributed by atoms with Crippen LogP contribution in [-0.2, 0) is 6.42 Å². The molecule has 1 unspecified atom stereocenters. The van der Waals surface area contributed by atoms with Gasteiger partial charge in [0.1, 0.15) is 5.82 Å². The van der Waals surface area contributed by atoms with Crippen molar-refractivity contribution in [3.8, 4) is 0 Å². The zero-order chi connectivity index (χ0) is 15.1. The van der Waals surface area contributed by atoms with Gasteiger partial charge < -0.3 is 5.32 Å². The van der Waals surface area contributed by atoms with Crippen molar-refractivity contribution in [1.29, 1.82) is 0 Å². The maximum Gasteiger partial charge on any atom is 0.123 e. The van der Waals surface area contributed by atoms with Gasteiger partial charge in [-0.25, -0.2) is 4.39 Å². The van der Waals surface area contributed by atoms with Gasteiger partial charge in [0.15, 0.2) is 0 Å². The van der Waals surface area contributed by atoms with E-state index < -0.39 is 0 Å². The van der Waals surface area contributed by atoms with Gasteiger partial charge in [0.25, 0.3) is 0 Å². The molecule has 21 heavy (non-hydrogen) atoms. The van der Waals surface area contributed by atoms with Crippen molar-refractivity contribution in [3.05, 3.63) is 35.1 Å². The lowest BCUT2D eigenvalue weighted by Gasteiger charge is -2.25. The molecule has 0 spiro atoms. The van der Waals surface area contributed by atoms with Gasteiger partial charge in [-0.1, -0.05) is 32.3 Å². The normalized spacial score (nSPS) is 17.9. The minimum atomic E-state index is -0.120. The van der Waals surface area contributed by atoms with Gasteiger partial charge in [-0.05, 0) is 56.0 Å². The predicted molar refractivity (Wildman–Crippen MR) is 91.6 cm³/mol. The Kier molecular flexibility index (Phi) is 7.05. The van der Waals surface area contributed by atoms with Crippen molar-refractivity contribution in [3.63, 3.8) is 0 Å². The number of nitrogens with one attached hydrogen (secondary N) is 1. The third-order valence-electron chi connectivity index (χ3n) is 4.36. The first kappa shape index (κ1) is 16.8. The number of halogens is 1. The number of rotatable bonds is 7. The molecule has 1 fully saturated rings. The number of aryl methyl sites for hydroxylation is 1. The van der Waals surface area contributed by atoms with Gasteiger partial charge in [-0.3, -0.25) is 0 Å². The number of hydrogen-bond acceptors (Lipinski definition) is 2. The van der Waals surface area contributed by atoms with Crippen LogP contribution in [0.3, 0.4) is 0 Å². The Labute approximate surface area is 133 Å². The molecular weight excluding hydrogens is 281 g/mol. The van der Waals surface area contributed by atoms with E-state index in [1.54, 1.807) is 12.1 Å². The molecule has 2 rings (SSSR count). The molecule has 0 aromatic heterocycles. The van der Waals surface area contributed by atoms with E-state index in [1.165, 1.54) is 37.7 Å². The summed E-state index contributed by atoms with van der Waals surface area (Å²) in [5, 5.41) is 4.42. The van der Waals surface area contributed by atoms with E-state index in [0.29, 0.717) is 6.04 Å². The molecule has 1 aromatic rings. The molecule has 0 bridgehead atoms. The Morgan fingerprint density at radius 2 is 2.05 bits per heavy atom. The van der Waals surface area contributed by atoms with E-state index in [2.05, 4.69) is 30.9 Å². The van der Waals surface area contributed by atoms with Crippen LogP contribution in [0.15, 0.2) is 18.2 Å². The van der Waals surface area contributed by atoms with Gasteiger partial charge in [0.2, 0.25) is 0 Å². The van der Waals surface area contributed by atoms with Crippen LogP contribution in [0.4, 0.5) is 4.39 Å². The summed E-state index contributed by atoms with van der Waals surface area (Å²) in [6, 6.07) is 5.59. The molecule has 3 heteroatoms. The van der Waals surface area contributed by atoms with Crippen LogP contribution in [0.1, 0.15) is 50.2 Å². The first-order valence-corrected chi connectivity index (χ1v) is 9.34. The molecule has 1 saturated carbocycles. The van der Waals surface area contributed by atoms with Crippen LogP contribution >= 0.6 is 11.8 Å². The quantitative estimate of drug-likeness (QED) is 0.782. The highest BCUT2D eigenvalue weighted by molar-refractivity contribution is 7.99. The summed E-state index contributed by atoms with van der Waals surface area (Å²) in [7, 11) is 0. The SMILES string of the molecule is CCNC(CSC1CCCCC1)Cc1cc(F)ccc1C. The lowest BCUT2D eigenvalue weighted by molar-refractivity contribution is 0.512. The number of benzene rings is 1. The zero-order valence-electron chi connectivity index (χ0n) is 13.3. The van der Waals surface area contributed by atoms with Crippen molar-refractivity contribution in [2.24, 2.45) is 0 Å². The third-order valence-corrected chi connectivity index (χ3v) is 5.89. The van der Waals surface area contributed by atoms with Gasteiger partial charge in [-0.15, -0.1) is 0 Å². The van der Waals surface area contributed by atoms with E-state index in [9.17, 15) is 4.39 Å². The van der Waals surface area contributed by atoms with Gasteiger partial charge in [-0.2, -0.15) is 11.8 Å². The fourth-order valence-electron chi connectivity index (χ4n) is 3.09. The fraction of sp³-hybridized carbons (Fsp3) is 0.667. The minimum absolute atomic E-state index is 0.120. The van der Waals surface area contributed by atoms with Crippen molar-refractivity contribution in [2.45, 2.75) is 63.7 Å². The van der Waals surface area contributed by atoms with Crippen LogP contribution in [0, 0.1) is 12.7 Å². The summed E-state index contributed by atoms with van der Waals surface area (Å²) in [6.45, 7) is 5.20. The van der Waals surface area contributed by atoms with Crippen molar-refractivity contribution < 1.29 is 4.39 Å². The topological polar surface area (TPSA) is 12.0 Å². The Bertz CT molecular complexity index is 429. The second-order valence-corrected chi connectivity index (χ2v) is 7.46. The Balaban J connectivity index is 1.89. The number of thioether (sulfide) groups is 1. The average Bonchev–Trinajstić information content (AvgIpc) is 2.50. The Morgan fingerprint density at radius 3 is 2.76 bits per heavy atom. The van der Waals surface area contributed by atoms with Crippen molar-refractivity contribution in [1.82, 2.24) is 5.32 Å². The Morgan fingerprint density at radius 1 is 1.29 bits per heavy atom. The van der Waals surface area contributed by atoms with Gasteiger partial charge in [0, 0.05) is 17.0 Å². The van der Waals surface area contributed by atoms with Crippen LogP contribution in [0.5, 0.6) is 0 Å². The maximum atomic E-state index is 13.4. The zero-order valence-corrected chi connectivity index (χ0v) is 14.1. The summed E-state index contributed by atoms with van der Waals surface area (Å²) in [4.78, 5) is 0. The lowest BCUT2D eigenvalue weighted by Crippen LogP contribution is -2.34. The van der Waals surface area contributed by atoms with Crippen molar-refractivity contribution >= 4 is 11.8 Å². The minimum Gasteiger partial charge on any atom is -0.313 e. The molecule has 1 nitrogen and oxygen atoms in total. The average molecular weight is 309 g/mol. The first-order chi connectivity index (χ1) is 10.2. The van der Waals surface area contributed by atoms with Gasteiger partial charge in [0.05, 0.1) is 0 Å². The number of likely N-dealkylation sites (N-methyl/N-ethyl adjacent to an activating group) is 1. The van der Waals surface area contributed by atoms with E-state index in [-0.39, 0.29) is 5.82 Å². The molecule has 0 aliphatic heterocycles. The molecule has 0 amide bonds. The summed E-state index contributed by atoms with van der Waals surface area (Å²) in [6.07, 6.45) is 7.89. The van der Waals surface area contributed by atoms with Crippen molar-refractivity contribution in [2.75, 3.05) is 12.3 Å². The second kappa shape index (κ2) is 8.79. The highest BCUT2D eigenvalue weighted by atomic mass is 32.2. The predicted octanol–water partition coefficient (Wildman–Crippen LogP) is 4.72. The van der Waals surface area contributed by atoms with E-state index in [1.807, 2.05) is 6.07 Å². The van der Waals surface area contributed by atoms with Crippen LogP contribution in [0.2, 0.25) is 0 Å². The first-order valence-electron chi connectivity index (χ1n) is 8.29. The molecule has 0 heterocycles. The standard InChI is InChI=1S/C18H28FNS/c1-3-20-17(13-21-18-7-5-4-6-8-18)12-15-11-16(19)10-9-14(15)2/h9-11,17-18,20H,3-8,12-13H2,1-2H3. The highest BCUT2D eigenvalue weighted by Gasteiger charge is 2.17. The smallest absolute Gasteiger partial charge is 0.123 e. The van der Waals surface area contributed by atoms with E-state index >= 15 is 0 Å². The summed E-state index contributed by atoms with van der Waals surface area (Å²) in [5.41, 5.74) is 2.34. The summed E-state index contributed by atoms with van der Waals surface area (Å²) in [5.74, 6) is 1.01.